The van der Waals surface area contributed by atoms with Gasteiger partial charge in [-0.2, -0.15) is 0 Å². The second-order valence-corrected chi connectivity index (χ2v) is 4.73. The molecule has 1 aliphatic rings. The average molecular weight is 261 g/mol. The van der Waals surface area contributed by atoms with E-state index in [1.54, 1.807) is 12.2 Å². The summed E-state index contributed by atoms with van der Waals surface area (Å²) in [7, 11) is 0. The molecule has 0 atom stereocenters. The molecule has 0 saturated carbocycles. The summed E-state index contributed by atoms with van der Waals surface area (Å²) < 4.78 is 0. The molecule has 1 heterocycles. The summed E-state index contributed by atoms with van der Waals surface area (Å²) in [5.41, 5.74) is 5.62. The molecular formula is C19H19N. The minimum Gasteiger partial charge on any atom is -0.256 e. The van der Waals surface area contributed by atoms with Crippen molar-refractivity contribution in [2.75, 3.05) is 0 Å². The van der Waals surface area contributed by atoms with Crippen LogP contribution < -0.4 is 0 Å². The van der Waals surface area contributed by atoms with E-state index in [1.165, 1.54) is 11.1 Å². The van der Waals surface area contributed by atoms with E-state index < -0.39 is 0 Å². The van der Waals surface area contributed by atoms with Crippen molar-refractivity contribution >= 4 is 11.1 Å². The Balaban J connectivity index is 2.42. The van der Waals surface area contributed by atoms with Crippen LogP contribution in [0.3, 0.4) is 0 Å². The lowest BCUT2D eigenvalue weighted by Crippen LogP contribution is -1.90. The number of rotatable bonds is 4. The van der Waals surface area contributed by atoms with Gasteiger partial charge in [0, 0.05) is 6.20 Å². The van der Waals surface area contributed by atoms with Crippen molar-refractivity contribution in [3.8, 4) is 0 Å². The van der Waals surface area contributed by atoms with E-state index in [-0.39, 0.29) is 0 Å². The Hall–Kier alpha value is -2.41. The highest BCUT2D eigenvalue weighted by Gasteiger charge is 2.04. The van der Waals surface area contributed by atoms with Gasteiger partial charge in [0.05, 0.1) is 5.69 Å². The van der Waals surface area contributed by atoms with Gasteiger partial charge >= 0.3 is 0 Å². The lowest BCUT2D eigenvalue weighted by molar-refractivity contribution is 1.22. The van der Waals surface area contributed by atoms with Crippen molar-refractivity contribution in [1.29, 1.82) is 0 Å². The highest BCUT2D eigenvalue weighted by molar-refractivity contribution is 5.79. The van der Waals surface area contributed by atoms with Crippen LogP contribution in [0.15, 0.2) is 79.6 Å². The second-order valence-electron chi connectivity index (χ2n) is 4.73. The lowest BCUT2D eigenvalue weighted by atomic mass is 10.0. The lowest BCUT2D eigenvalue weighted by Gasteiger charge is -2.05. The number of aromatic nitrogens is 1. The highest BCUT2D eigenvalue weighted by Crippen LogP contribution is 2.23. The summed E-state index contributed by atoms with van der Waals surface area (Å²) in [6.45, 7) is 9.70. The van der Waals surface area contributed by atoms with Crippen molar-refractivity contribution in [3.63, 3.8) is 0 Å². The third kappa shape index (κ3) is 3.33. The maximum absolute atomic E-state index is 4.41. The van der Waals surface area contributed by atoms with Gasteiger partial charge in [-0.05, 0) is 42.2 Å². The largest absolute Gasteiger partial charge is 0.256 e. The fraction of sp³-hybridized carbons (Fsp3) is 0.105. The van der Waals surface area contributed by atoms with Crippen LogP contribution in [0.5, 0.6) is 0 Å². The average Bonchev–Trinajstić information content (AvgIpc) is 2.69. The van der Waals surface area contributed by atoms with Gasteiger partial charge in [-0.25, -0.2) is 0 Å². The molecule has 0 fully saturated rings. The van der Waals surface area contributed by atoms with Crippen LogP contribution in [0, 0.1) is 0 Å². The molecule has 1 aliphatic carbocycles. The van der Waals surface area contributed by atoms with E-state index in [2.05, 4.69) is 55.4 Å². The van der Waals surface area contributed by atoms with E-state index >= 15 is 0 Å². The molecule has 20 heavy (non-hydrogen) atoms. The van der Waals surface area contributed by atoms with Crippen LogP contribution in [0.1, 0.15) is 24.6 Å². The van der Waals surface area contributed by atoms with Crippen molar-refractivity contribution in [2.45, 2.75) is 13.3 Å². The summed E-state index contributed by atoms with van der Waals surface area (Å²) in [6.07, 6.45) is 17.0. The quantitative estimate of drug-likeness (QED) is 0.685. The summed E-state index contributed by atoms with van der Waals surface area (Å²) in [5, 5.41) is 0. The number of allylic oxidation sites excluding steroid dienone is 10. The highest BCUT2D eigenvalue weighted by atomic mass is 14.7. The Morgan fingerprint density at radius 1 is 1.30 bits per heavy atom. The summed E-state index contributed by atoms with van der Waals surface area (Å²) in [4.78, 5) is 4.41. The van der Waals surface area contributed by atoms with Crippen LogP contribution in [0.2, 0.25) is 0 Å². The topological polar surface area (TPSA) is 12.9 Å². The maximum atomic E-state index is 4.41. The molecule has 0 radical (unpaired) electrons. The van der Waals surface area contributed by atoms with E-state index in [9.17, 15) is 0 Å². The van der Waals surface area contributed by atoms with Crippen LogP contribution in [0.25, 0.3) is 11.1 Å². The maximum Gasteiger partial charge on any atom is 0.0707 e. The Labute approximate surface area is 121 Å². The zero-order valence-electron chi connectivity index (χ0n) is 11.8. The van der Waals surface area contributed by atoms with Gasteiger partial charge in [-0.1, -0.05) is 61.3 Å². The molecule has 0 aliphatic heterocycles. The van der Waals surface area contributed by atoms with Gasteiger partial charge in [-0.3, -0.25) is 4.98 Å². The monoisotopic (exact) mass is 261 g/mol. The van der Waals surface area contributed by atoms with E-state index in [0.717, 1.165) is 23.3 Å². The first-order chi connectivity index (χ1) is 9.74. The summed E-state index contributed by atoms with van der Waals surface area (Å²) in [5.74, 6) is 0. The first-order valence-electron chi connectivity index (χ1n) is 6.70. The third-order valence-electron chi connectivity index (χ3n) is 3.19. The van der Waals surface area contributed by atoms with Crippen LogP contribution in [-0.4, -0.2) is 4.98 Å². The van der Waals surface area contributed by atoms with E-state index in [1.807, 2.05) is 18.3 Å². The summed E-state index contributed by atoms with van der Waals surface area (Å²) in [6, 6.07) is 4.12. The summed E-state index contributed by atoms with van der Waals surface area (Å²) >= 11 is 0. The standard InChI is InChI=1S/C19H19N/c1-4-7-16(5-2)19-14-18(12-13-20-19)17-9-6-8-15(3)10-11-17/h4-7,9-14H,1-2,8H2,3H3/b16-7+. The zero-order valence-corrected chi connectivity index (χ0v) is 11.8. The van der Waals surface area contributed by atoms with Crippen LogP contribution in [-0.2, 0) is 0 Å². The first kappa shape index (κ1) is 14.0. The minimum atomic E-state index is 0.914. The van der Waals surface area contributed by atoms with E-state index in [0.29, 0.717) is 0 Å². The SMILES string of the molecule is C=C/C=C(\C=C)c1cc(C2=CC=C(C)CC=C2)ccn1. The Bertz CT molecular complexity index is 639. The van der Waals surface area contributed by atoms with Crippen molar-refractivity contribution in [1.82, 2.24) is 4.98 Å². The molecule has 0 spiro atoms. The van der Waals surface area contributed by atoms with Crippen molar-refractivity contribution < 1.29 is 0 Å². The van der Waals surface area contributed by atoms with Gasteiger partial charge < -0.3 is 0 Å². The molecule has 0 saturated heterocycles. The van der Waals surface area contributed by atoms with Crippen LogP contribution in [0.4, 0.5) is 0 Å². The van der Waals surface area contributed by atoms with Gasteiger partial charge in [-0.15, -0.1) is 0 Å². The molecule has 1 heteroatoms. The molecule has 2 rings (SSSR count). The number of pyridine rings is 1. The third-order valence-corrected chi connectivity index (χ3v) is 3.19. The Kier molecular flexibility index (Phi) is 4.67. The second kappa shape index (κ2) is 6.67. The molecule has 1 aromatic heterocycles. The van der Waals surface area contributed by atoms with Crippen LogP contribution >= 0.6 is 0 Å². The number of hydrogen-bond donors (Lipinski definition) is 0. The fourth-order valence-electron chi connectivity index (χ4n) is 2.07. The fourth-order valence-corrected chi connectivity index (χ4v) is 2.07. The molecule has 0 bridgehead atoms. The van der Waals surface area contributed by atoms with E-state index in [4.69, 9.17) is 0 Å². The number of hydrogen-bond acceptors (Lipinski definition) is 1. The number of nitrogens with zero attached hydrogens (tertiary/aromatic N) is 1. The Morgan fingerprint density at radius 3 is 2.90 bits per heavy atom. The van der Waals surface area contributed by atoms with Gasteiger partial charge in [0.1, 0.15) is 0 Å². The van der Waals surface area contributed by atoms with Crippen molar-refractivity contribution in [2.24, 2.45) is 0 Å². The molecule has 0 N–H and O–H groups in total. The van der Waals surface area contributed by atoms with Gasteiger partial charge in [0.2, 0.25) is 0 Å². The van der Waals surface area contributed by atoms with Gasteiger partial charge in [0.25, 0.3) is 0 Å². The molecule has 1 nitrogen and oxygen atoms in total. The molecule has 0 unspecified atom stereocenters. The van der Waals surface area contributed by atoms with Crippen molar-refractivity contribution in [3.05, 3.63) is 90.9 Å². The molecular weight excluding hydrogens is 242 g/mol. The normalized spacial score (nSPS) is 15.2. The van der Waals surface area contributed by atoms with Gasteiger partial charge in [0.15, 0.2) is 0 Å². The molecule has 100 valence electrons. The first-order valence-corrected chi connectivity index (χ1v) is 6.70. The molecule has 0 amide bonds. The molecule has 1 aromatic rings. The molecule has 0 aromatic carbocycles. The zero-order chi connectivity index (χ0) is 14.4. The Morgan fingerprint density at radius 2 is 2.15 bits per heavy atom. The smallest absolute Gasteiger partial charge is 0.0707 e. The minimum absolute atomic E-state index is 0.914. The predicted molar refractivity (Wildman–Crippen MR) is 88.1 cm³/mol. The predicted octanol–water partition coefficient (Wildman–Crippen LogP) is 5.13.